The Balaban J connectivity index is 3.47. The van der Waals surface area contributed by atoms with Crippen LogP contribution in [-0.2, 0) is 10.1 Å². The first-order valence-corrected chi connectivity index (χ1v) is 4.46. The van der Waals surface area contributed by atoms with Crippen molar-refractivity contribution in [1.29, 1.82) is 5.26 Å². The normalized spacial score (nSPS) is 10.7. The van der Waals surface area contributed by atoms with Crippen LogP contribution in [0, 0.1) is 11.3 Å². The molecule has 0 radical (unpaired) electrons. The zero-order chi connectivity index (χ0) is 9.19. The Bertz CT molecular complexity index is 430. The molecule has 62 valence electrons. The Morgan fingerprint density at radius 1 is 1.33 bits per heavy atom. The van der Waals surface area contributed by atoms with Crippen LogP contribution in [0.5, 0.6) is 0 Å². The lowest BCUT2D eigenvalue weighted by molar-refractivity contribution is 0.483. The van der Waals surface area contributed by atoms with Gasteiger partial charge in [0.1, 0.15) is 11.0 Å². The third-order valence-corrected chi connectivity index (χ3v) is 2.20. The van der Waals surface area contributed by atoms with E-state index in [0.717, 1.165) is 0 Å². The van der Waals surface area contributed by atoms with Crippen molar-refractivity contribution in [1.82, 2.24) is 0 Å². The fourth-order valence-electron chi connectivity index (χ4n) is 0.784. The Hall–Kier alpha value is -1.38. The Kier molecular flexibility index (Phi) is 2.13. The van der Waals surface area contributed by atoms with Gasteiger partial charge in [0, 0.05) is 0 Å². The number of hydrogen-bond donors (Lipinski definition) is 1. The lowest BCUT2D eigenvalue weighted by Gasteiger charge is -1.97. The smallest absolute Gasteiger partial charge is 0.282 e. The molecule has 0 heterocycles. The van der Waals surface area contributed by atoms with Crippen LogP contribution < -0.4 is 0 Å². The van der Waals surface area contributed by atoms with Gasteiger partial charge in [-0.25, -0.2) is 0 Å². The summed E-state index contributed by atoms with van der Waals surface area (Å²) < 4.78 is 29.9. The molecule has 0 aliphatic rings. The van der Waals surface area contributed by atoms with Gasteiger partial charge in [-0.15, -0.1) is 0 Å². The van der Waals surface area contributed by atoms with Crippen LogP contribution in [0.4, 0.5) is 0 Å². The molecule has 0 saturated carbocycles. The van der Waals surface area contributed by atoms with Crippen LogP contribution in [0.2, 0.25) is 0 Å². The molecule has 12 heavy (non-hydrogen) atoms. The van der Waals surface area contributed by atoms with Gasteiger partial charge in [0.25, 0.3) is 10.1 Å². The maximum Gasteiger partial charge on any atom is 0.295 e. The first kappa shape index (κ1) is 8.71. The summed E-state index contributed by atoms with van der Waals surface area (Å²) in [4.78, 5) is -0.354. The molecule has 0 unspecified atom stereocenters. The molecule has 0 saturated heterocycles. The van der Waals surface area contributed by atoms with Gasteiger partial charge in [-0.3, -0.25) is 4.55 Å². The Labute approximate surface area is 69.8 Å². The summed E-state index contributed by atoms with van der Waals surface area (Å²) in [6.07, 6.45) is 0. The molecule has 1 aromatic rings. The highest BCUT2D eigenvalue weighted by Crippen LogP contribution is 2.12. The molecule has 1 N–H and O–H groups in total. The molecule has 4 nitrogen and oxygen atoms in total. The van der Waals surface area contributed by atoms with E-state index < -0.39 is 10.1 Å². The highest BCUT2D eigenvalue weighted by molar-refractivity contribution is 7.85. The molecule has 5 heteroatoms. The standard InChI is InChI=1S/C7H5NO3S/c8-5-6-3-1-2-4-7(6)12(9,10)11/h1-4H,(H,9,10,11). The van der Waals surface area contributed by atoms with Gasteiger partial charge in [-0.1, -0.05) is 12.1 Å². The molecule has 0 atom stereocenters. The number of benzene rings is 1. The predicted molar refractivity (Wildman–Crippen MR) is 41.0 cm³/mol. The van der Waals surface area contributed by atoms with E-state index in [1.54, 1.807) is 6.07 Å². The van der Waals surface area contributed by atoms with Crippen LogP contribution in [0.1, 0.15) is 5.56 Å². The lowest BCUT2D eigenvalue weighted by atomic mass is 10.2. The summed E-state index contributed by atoms with van der Waals surface area (Å²) in [5, 5.41) is 8.46. The van der Waals surface area contributed by atoms with Crippen molar-refractivity contribution in [2.75, 3.05) is 0 Å². The number of hydrogen-bond acceptors (Lipinski definition) is 3. The molecule has 0 amide bonds. The van der Waals surface area contributed by atoms with Crippen molar-refractivity contribution in [3.05, 3.63) is 29.8 Å². The Morgan fingerprint density at radius 2 is 1.92 bits per heavy atom. The second kappa shape index (κ2) is 2.93. The summed E-state index contributed by atoms with van der Waals surface area (Å²) in [7, 11) is -4.27. The van der Waals surface area contributed by atoms with E-state index >= 15 is 0 Å². The topological polar surface area (TPSA) is 78.2 Å². The van der Waals surface area contributed by atoms with Crippen molar-refractivity contribution in [3.8, 4) is 6.07 Å². The van der Waals surface area contributed by atoms with E-state index in [-0.39, 0.29) is 10.5 Å². The lowest BCUT2D eigenvalue weighted by Crippen LogP contribution is -2.00. The van der Waals surface area contributed by atoms with Gasteiger partial charge in [0.05, 0.1) is 5.56 Å². The maximum atomic E-state index is 10.6. The second-order valence-electron chi connectivity index (χ2n) is 2.08. The van der Waals surface area contributed by atoms with Crippen LogP contribution in [0.25, 0.3) is 0 Å². The highest BCUT2D eigenvalue weighted by Gasteiger charge is 2.13. The fraction of sp³-hybridized carbons (Fsp3) is 0. The number of rotatable bonds is 1. The average Bonchev–Trinajstić information content (AvgIpc) is 2.03. The Morgan fingerprint density at radius 3 is 2.33 bits per heavy atom. The fourth-order valence-corrected chi connectivity index (χ4v) is 1.43. The van der Waals surface area contributed by atoms with Gasteiger partial charge in [-0.05, 0) is 12.1 Å². The quantitative estimate of drug-likeness (QED) is 0.653. The molecule has 0 aromatic heterocycles. The van der Waals surface area contributed by atoms with Gasteiger partial charge >= 0.3 is 0 Å². The maximum absolute atomic E-state index is 10.6. The van der Waals surface area contributed by atoms with Crippen molar-refractivity contribution in [2.45, 2.75) is 4.90 Å². The molecule has 0 bridgehead atoms. The van der Waals surface area contributed by atoms with Crippen LogP contribution >= 0.6 is 0 Å². The van der Waals surface area contributed by atoms with Crippen LogP contribution in [0.3, 0.4) is 0 Å². The first-order valence-electron chi connectivity index (χ1n) is 3.02. The largest absolute Gasteiger partial charge is 0.295 e. The minimum absolute atomic E-state index is 0.0556. The average molecular weight is 183 g/mol. The SMILES string of the molecule is N#Cc1ccccc1S(=O)(=O)O. The number of nitriles is 1. The van der Waals surface area contributed by atoms with Crippen LogP contribution in [0.15, 0.2) is 29.2 Å². The van der Waals surface area contributed by atoms with E-state index in [1.807, 2.05) is 0 Å². The van der Waals surface area contributed by atoms with Crippen molar-refractivity contribution in [2.24, 2.45) is 0 Å². The molecule has 1 aromatic carbocycles. The molecule has 0 spiro atoms. The third-order valence-electron chi connectivity index (χ3n) is 1.29. The van der Waals surface area contributed by atoms with Crippen molar-refractivity contribution >= 4 is 10.1 Å². The van der Waals surface area contributed by atoms with Gasteiger partial charge in [-0.2, -0.15) is 13.7 Å². The highest BCUT2D eigenvalue weighted by atomic mass is 32.2. The molecule has 0 fully saturated rings. The second-order valence-corrected chi connectivity index (χ2v) is 3.47. The monoisotopic (exact) mass is 183 g/mol. The summed E-state index contributed by atoms with van der Waals surface area (Å²) >= 11 is 0. The van der Waals surface area contributed by atoms with Crippen LogP contribution in [-0.4, -0.2) is 13.0 Å². The van der Waals surface area contributed by atoms with E-state index in [1.165, 1.54) is 24.3 Å². The van der Waals surface area contributed by atoms with E-state index in [0.29, 0.717) is 0 Å². The number of nitrogens with zero attached hydrogens (tertiary/aromatic N) is 1. The molecule has 0 aliphatic carbocycles. The minimum Gasteiger partial charge on any atom is -0.282 e. The van der Waals surface area contributed by atoms with E-state index in [9.17, 15) is 8.42 Å². The molecule has 0 aliphatic heterocycles. The summed E-state index contributed by atoms with van der Waals surface area (Å²) in [6, 6.07) is 7.12. The van der Waals surface area contributed by atoms with Gasteiger partial charge in [0.15, 0.2) is 0 Å². The third kappa shape index (κ3) is 1.61. The van der Waals surface area contributed by atoms with Crippen molar-refractivity contribution < 1.29 is 13.0 Å². The minimum atomic E-state index is -4.27. The predicted octanol–water partition coefficient (Wildman–Crippen LogP) is 0.805. The molecular weight excluding hydrogens is 178 g/mol. The van der Waals surface area contributed by atoms with Crippen molar-refractivity contribution in [3.63, 3.8) is 0 Å². The van der Waals surface area contributed by atoms with Gasteiger partial charge in [0.2, 0.25) is 0 Å². The summed E-state index contributed by atoms with van der Waals surface area (Å²) in [5.41, 5.74) is -0.0556. The zero-order valence-corrected chi connectivity index (χ0v) is 6.75. The van der Waals surface area contributed by atoms with E-state index in [4.69, 9.17) is 9.81 Å². The first-order chi connectivity index (χ1) is 5.55. The molecular formula is C7H5NO3S. The summed E-state index contributed by atoms with van der Waals surface area (Å²) in [5.74, 6) is 0. The van der Waals surface area contributed by atoms with E-state index in [2.05, 4.69) is 0 Å². The zero-order valence-electron chi connectivity index (χ0n) is 5.93. The summed E-state index contributed by atoms with van der Waals surface area (Å²) in [6.45, 7) is 0. The van der Waals surface area contributed by atoms with Gasteiger partial charge < -0.3 is 0 Å². The molecule has 1 rings (SSSR count).